The molecule has 2 nitrogen and oxygen atoms in total. The van der Waals surface area contributed by atoms with E-state index in [0.29, 0.717) is 5.56 Å². The minimum Gasteiger partial charge on any atom is -0.457 e. The van der Waals surface area contributed by atoms with Crippen LogP contribution < -0.4 is 4.74 Å². The lowest BCUT2D eigenvalue weighted by atomic mass is 10.2. The molecule has 3 heteroatoms. The van der Waals surface area contributed by atoms with Crippen LogP contribution in [0.15, 0.2) is 46.9 Å². The Balaban J connectivity index is 2.22. The second-order valence-electron chi connectivity index (χ2n) is 3.70. The van der Waals surface area contributed by atoms with E-state index in [1.165, 1.54) is 0 Å². The Bertz CT molecular complexity index is 532. The SMILES string of the molecule is Cc1cc(Br)ccc1Oc1ccc(C=O)cc1. The first-order valence-electron chi connectivity index (χ1n) is 5.18. The van der Waals surface area contributed by atoms with Crippen molar-refractivity contribution in [2.45, 2.75) is 6.92 Å². The Kier molecular flexibility index (Phi) is 3.59. The first kappa shape index (κ1) is 11.9. The molecule has 0 fully saturated rings. The van der Waals surface area contributed by atoms with Crippen LogP contribution in [0, 0.1) is 6.92 Å². The van der Waals surface area contributed by atoms with Crippen LogP contribution in [0.5, 0.6) is 11.5 Å². The van der Waals surface area contributed by atoms with Crippen molar-refractivity contribution in [3.8, 4) is 11.5 Å². The van der Waals surface area contributed by atoms with Crippen LogP contribution >= 0.6 is 15.9 Å². The van der Waals surface area contributed by atoms with E-state index >= 15 is 0 Å². The summed E-state index contributed by atoms with van der Waals surface area (Å²) in [6.07, 6.45) is 0.814. The molecule has 0 aliphatic heterocycles. The molecule has 2 aromatic rings. The molecule has 0 unspecified atom stereocenters. The van der Waals surface area contributed by atoms with Gasteiger partial charge < -0.3 is 4.74 Å². The maximum absolute atomic E-state index is 10.5. The van der Waals surface area contributed by atoms with Crippen LogP contribution in [0.25, 0.3) is 0 Å². The molecule has 17 heavy (non-hydrogen) atoms. The van der Waals surface area contributed by atoms with Crippen molar-refractivity contribution in [3.63, 3.8) is 0 Å². The van der Waals surface area contributed by atoms with Crippen molar-refractivity contribution in [3.05, 3.63) is 58.1 Å². The molecule has 0 N–H and O–H groups in total. The van der Waals surface area contributed by atoms with E-state index in [2.05, 4.69) is 15.9 Å². The minimum absolute atomic E-state index is 0.643. The Labute approximate surface area is 108 Å². The van der Waals surface area contributed by atoms with Crippen LogP contribution in [0.1, 0.15) is 15.9 Å². The molecule has 2 rings (SSSR count). The number of rotatable bonds is 3. The third-order valence-electron chi connectivity index (χ3n) is 2.38. The average Bonchev–Trinajstić information content (AvgIpc) is 2.34. The molecule has 0 atom stereocenters. The van der Waals surface area contributed by atoms with Gasteiger partial charge in [-0.1, -0.05) is 15.9 Å². The van der Waals surface area contributed by atoms with Crippen LogP contribution in [-0.2, 0) is 0 Å². The molecule has 0 heterocycles. The third kappa shape index (κ3) is 2.94. The molecule has 0 spiro atoms. The summed E-state index contributed by atoms with van der Waals surface area (Å²) in [5.74, 6) is 1.54. The number of halogens is 1. The molecule has 0 saturated carbocycles. The van der Waals surface area contributed by atoms with E-state index in [4.69, 9.17) is 4.74 Å². The molecule has 0 radical (unpaired) electrons. The highest BCUT2D eigenvalue weighted by Gasteiger charge is 2.02. The van der Waals surface area contributed by atoms with Gasteiger partial charge in [-0.2, -0.15) is 0 Å². The number of aryl methyl sites for hydroxylation is 1. The average molecular weight is 291 g/mol. The summed E-state index contributed by atoms with van der Waals surface area (Å²) in [5, 5.41) is 0. The van der Waals surface area contributed by atoms with Crippen molar-refractivity contribution >= 4 is 22.2 Å². The van der Waals surface area contributed by atoms with Gasteiger partial charge in [-0.3, -0.25) is 4.79 Å². The van der Waals surface area contributed by atoms with Gasteiger partial charge in [0.1, 0.15) is 17.8 Å². The number of carbonyl (C=O) groups excluding carboxylic acids is 1. The lowest BCUT2D eigenvalue weighted by molar-refractivity contribution is 0.112. The smallest absolute Gasteiger partial charge is 0.150 e. The normalized spacial score (nSPS) is 10.0. The maximum atomic E-state index is 10.5. The summed E-state index contributed by atoms with van der Waals surface area (Å²) in [6.45, 7) is 1.99. The number of aldehydes is 1. The summed E-state index contributed by atoms with van der Waals surface area (Å²) in [5.41, 5.74) is 1.70. The summed E-state index contributed by atoms with van der Waals surface area (Å²) >= 11 is 3.41. The summed E-state index contributed by atoms with van der Waals surface area (Å²) < 4.78 is 6.75. The minimum atomic E-state index is 0.643. The Morgan fingerprint density at radius 2 is 1.82 bits per heavy atom. The van der Waals surface area contributed by atoms with Gasteiger partial charge in [-0.05, 0) is 55.0 Å². The highest BCUT2D eigenvalue weighted by molar-refractivity contribution is 9.10. The van der Waals surface area contributed by atoms with Gasteiger partial charge in [0.25, 0.3) is 0 Å². The van der Waals surface area contributed by atoms with E-state index in [1.807, 2.05) is 25.1 Å². The fraction of sp³-hybridized carbons (Fsp3) is 0.0714. The summed E-state index contributed by atoms with van der Waals surface area (Å²) in [7, 11) is 0. The maximum Gasteiger partial charge on any atom is 0.150 e. The second-order valence-corrected chi connectivity index (χ2v) is 4.61. The van der Waals surface area contributed by atoms with Crippen molar-refractivity contribution in [2.75, 3.05) is 0 Å². The van der Waals surface area contributed by atoms with Crippen molar-refractivity contribution in [2.24, 2.45) is 0 Å². The standard InChI is InChI=1S/C14H11BrO2/c1-10-8-12(15)4-7-14(10)17-13-5-2-11(9-16)3-6-13/h2-9H,1H3. The van der Waals surface area contributed by atoms with E-state index in [0.717, 1.165) is 27.8 Å². The van der Waals surface area contributed by atoms with Gasteiger partial charge in [0, 0.05) is 10.0 Å². The lowest BCUT2D eigenvalue weighted by Crippen LogP contribution is -1.88. The summed E-state index contributed by atoms with van der Waals surface area (Å²) in [4.78, 5) is 10.5. The van der Waals surface area contributed by atoms with E-state index in [1.54, 1.807) is 24.3 Å². The molecule has 0 aromatic heterocycles. The van der Waals surface area contributed by atoms with Crippen molar-refractivity contribution in [1.29, 1.82) is 0 Å². The number of hydrogen-bond donors (Lipinski definition) is 0. The van der Waals surface area contributed by atoms with E-state index in [-0.39, 0.29) is 0 Å². The van der Waals surface area contributed by atoms with Crippen LogP contribution in [-0.4, -0.2) is 6.29 Å². The largest absolute Gasteiger partial charge is 0.457 e. The molecule has 2 aromatic carbocycles. The zero-order chi connectivity index (χ0) is 12.3. The Morgan fingerprint density at radius 3 is 2.41 bits per heavy atom. The van der Waals surface area contributed by atoms with Gasteiger partial charge in [-0.15, -0.1) is 0 Å². The molecule has 0 aliphatic carbocycles. The molecule has 0 saturated heterocycles. The topological polar surface area (TPSA) is 26.3 Å². The van der Waals surface area contributed by atoms with Crippen molar-refractivity contribution < 1.29 is 9.53 Å². The van der Waals surface area contributed by atoms with Gasteiger partial charge >= 0.3 is 0 Å². The molecular weight excluding hydrogens is 280 g/mol. The molecular formula is C14H11BrO2. The predicted octanol–water partition coefficient (Wildman–Crippen LogP) is 4.36. The third-order valence-corrected chi connectivity index (χ3v) is 2.87. The first-order chi connectivity index (χ1) is 8.19. The molecule has 0 amide bonds. The first-order valence-corrected chi connectivity index (χ1v) is 5.97. The molecule has 0 aliphatic rings. The van der Waals surface area contributed by atoms with Gasteiger partial charge in [0.05, 0.1) is 0 Å². The van der Waals surface area contributed by atoms with Crippen LogP contribution in [0.2, 0.25) is 0 Å². The quantitative estimate of drug-likeness (QED) is 0.785. The fourth-order valence-corrected chi connectivity index (χ4v) is 1.94. The summed E-state index contributed by atoms with van der Waals surface area (Å²) in [6, 6.07) is 12.9. The lowest BCUT2D eigenvalue weighted by Gasteiger charge is -2.08. The zero-order valence-electron chi connectivity index (χ0n) is 9.31. The Morgan fingerprint density at radius 1 is 1.12 bits per heavy atom. The van der Waals surface area contributed by atoms with Crippen molar-refractivity contribution in [1.82, 2.24) is 0 Å². The number of carbonyl (C=O) groups is 1. The van der Waals surface area contributed by atoms with E-state index < -0.39 is 0 Å². The van der Waals surface area contributed by atoms with Crippen LogP contribution in [0.4, 0.5) is 0 Å². The zero-order valence-corrected chi connectivity index (χ0v) is 10.9. The van der Waals surface area contributed by atoms with Gasteiger partial charge in [0.15, 0.2) is 0 Å². The number of benzene rings is 2. The van der Waals surface area contributed by atoms with Crippen LogP contribution in [0.3, 0.4) is 0 Å². The Hall–Kier alpha value is -1.61. The second kappa shape index (κ2) is 5.15. The highest BCUT2D eigenvalue weighted by atomic mass is 79.9. The molecule has 0 bridgehead atoms. The number of hydrogen-bond acceptors (Lipinski definition) is 2. The monoisotopic (exact) mass is 290 g/mol. The predicted molar refractivity (Wildman–Crippen MR) is 70.8 cm³/mol. The molecule has 86 valence electrons. The number of ether oxygens (including phenoxy) is 1. The fourth-order valence-electron chi connectivity index (χ4n) is 1.47. The van der Waals surface area contributed by atoms with Gasteiger partial charge in [0.2, 0.25) is 0 Å². The van der Waals surface area contributed by atoms with E-state index in [9.17, 15) is 4.79 Å². The highest BCUT2D eigenvalue weighted by Crippen LogP contribution is 2.27. The van der Waals surface area contributed by atoms with Gasteiger partial charge in [-0.25, -0.2) is 0 Å².